The maximum Gasteiger partial charge on any atom is 0.0933 e. The lowest BCUT2D eigenvalue weighted by atomic mass is 10.0. The minimum Gasteiger partial charge on any atom is -0.397 e. The quantitative estimate of drug-likeness (QED) is 0.868. The highest BCUT2D eigenvalue weighted by atomic mass is 14.7. The molecule has 0 spiro atoms. The minimum absolute atomic E-state index is 0.779. The van der Waals surface area contributed by atoms with Crippen molar-refractivity contribution in [3.8, 4) is 11.3 Å². The molecular formula is C15H18N2. The molecule has 0 saturated heterocycles. The lowest BCUT2D eigenvalue weighted by Gasteiger charge is -2.08. The molecule has 1 heterocycles. The van der Waals surface area contributed by atoms with E-state index in [-0.39, 0.29) is 0 Å². The molecule has 17 heavy (non-hydrogen) atoms. The number of anilines is 1. The molecule has 0 atom stereocenters. The molecule has 0 bridgehead atoms. The first kappa shape index (κ1) is 11.6. The summed E-state index contributed by atoms with van der Waals surface area (Å²) in [4.78, 5) is 4.39. The topological polar surface area (TPSA) is 38.9 Å². The fourth-order valence-corrected chi connectivity index (χ4v) is 1.96. The molecule has 2 N–H and O–H groups in total. The molecule has 0 saturated carbocycles. The number of nitrogens with zero attached hydrogens (tertiary/aromatic N) is 1. The number of benzene rings is 1. The van der Waals surface area contributed by atoms with E-state index < -0.39 is 0 Å². The number of aromatic nitrogens is 1. The molecule has 0 unspecified atom stereocenters. The van der Waals surface area contributed by atoms with Gasteiger partial charge in [-0.05, 0) is 36.6 Å². The second kappa shape index (κ2) is 5.00. The van der Waals surface area contributed by atoms with Crippen LogP contribution in [0, 0.1) is 6.92 Å². The summed E-state index contributed by atoms with van der Waals surface area (Å²) < 4.78 is 0. The van der Waals surface area contributed by atoms with Gasteiger partial charge < -0.3 is 5.73 Å². The highest BCUT2D eigenvalue weighted by molar-refractivity contribution is 5.74. The van der Waals surface area contributed by atoms with Crippen LogP contribution in [0.25, 0.3) is 11.3 Å². The van der Waals surface area contributed by atoms with Crippen molar-refractivity contribution in [2.75, 3.05) is 5.73 Å². The normalized spacial score (nSPS) is 10.5. The fraction of sp³-hybridized carbons (Fsp3) is 0.267. The minimum atomic E-state index is 0.779. The van der Waals surface area contributed by atoms with Gasteiger partial charge in [-0.15, -0.1) is 0 Å². The van der Waals surface area contributed by atoms with Crippen molar-refractivity contribution in [3.63, 3.8) is 0 Å². The Morgan fingerprint density at radius 3 is 2.82 bits per heavy atom. The van der Waals surface area contributed by atoms with Gasteiger partial charge >= 0.3 is 0 Å². The fourth-order valence-electron chi connectivity index (χ4n) is 1.96. The third-order valence-electron chi connectivity index (χ3n) is 2.95. The van der Waals surface area contributed by atoms with Crippen LogP contribution in [0.5, 0.6) is 0 Å². The third kappa shape index (κ3) is 2.47. The molecule has 0 radical (unpaired) electrons. The van der Waals surface area contributed by atoms with E-state index in [9.17, 15) is 0 Å². The van der Waals surface area contributed by atoms with E-state index >= 15 is 0 Å². The van der Waals surface area contributed by atoms with Gasteiger partial charge in [0.1, 0.15) is 0 Å². The van der Waals surface area contributed by atoms with Gasteiger partial charge in [-0.25, -0.2) is 0 Å². The van der Waals surface area contributed by atoms with Gasteiger partial charge in [-0.1, -0.05) is 31.5 Å². The molecule has 0 fully saturated rings. The summed E-state index contributed by atoms with van der Waals surface area (Å²) in [6.07, 6.45) is 4.06. The van der Waals surface area contributed by atoms with Crippen molar-refractivity contribution in [1.29, 1.82) is 0 Å². The summed E-state index contributed by atoms with van der Waals surface area (Å²) in [5.41, 5.74) is 11.3. The van der Waals surface area contributed by atoms with Crippen molar-refractivity contribution in [1.82, 2.24) is 4.98 Å². The maximum absolute atomic E-state index is 6.08. The van der Waals surface area contributed by atoms with Gasteiger partial charge in [0.15, 0.2) is 0 Å². The van der Waals surface area contributed by atoms with Crippen LogP contribution in [0.1, 0.15) is 24.5 Å². The smallest absolute Gasteiger partial charge is 0.0933 e. The predicted molar refractivity (Wildman–Crippen MR) is 72.8 cm³/mol. The zero-order valence-electron chi connectivity index (χ0n) is 10.4. The first-order valence-electron chi connectivity index (χ1n) is 6.02. The number of rotatable bonds is 3. The lowest BCUT2D eigenvalue weighted by molar-refractivity contribution is 0.922. The van der Waals surface area contributed by atoms with E-state index in [0.29, 0.717) is 0 Å². The third-order valence-corrected chi connectivity index (χ3v) is 2.95. The molecular weight excluding hydrogens is 208 g/mol. The lowest BCUT2D eigenvalue weighted by Crippen LogP contribution is -1.96. The van der Waals surface area contributed by atoms with Gasteiger partial charge in [0.25, 0.3) is 0 Å². The van der Waals surface area contributed by atoms with E-state index in [1.165, 1.54) is 5.56 Å². The van der Waals surface area contributed by atoms with Crippen LogP contribution >= 0.6 is 0 Å². The Kier molecular flexibility index (Phi) is 3.43. The molecule has 0 aliphatic carbocycles. The van der Waals surface area contributed by atoms with Crippen LogP contribution in [0.4, 0.5) is 5.69 Å². The first-order chi connectivity index (χ1) is 8.22. The van der Waals surface area contributed by atoms with Crippen LogP contribution in [0.2, 0.25) is 0 Å². The number of nitrogen functional groups attached to an aromatic ring is 1. The van der Waals surface area contributed by atoms with Gasteiger partial charge in [-0.2, -0.15) is 0 Å². The van der Waals surface area contributed by atoms with E-state index in [4.69, 9.17) is 5.73 Å². The summed E-state index contributed by atoms with van der Waals surface area (Å²) >= 11 is 0. The van der Waals surface area contributed by atoms with Crippen molar-refractivity contribution < 1.29 is 0 Å². The van der Waals surface area contributed by atoms with E-state index in [0.717, 1.165) is 35.3 Å². The van der Waals surface area contributed by atoms with Crippen molar-refractivity contribution >= 4 is 5.69 Å². The summed E-state index contributed by atoms with van der Waals surface area (Å²) in [5, 5.41) is 0. The average Bonchev–Trinajstić information content (AvgIpc) is 2.33. The molecule has 1 aromatic carbocycles. The van der Waals surface area contributed by atoms with E-state index in [1.54, 1.807) is 0 Å². The second-order valence-electron chi connectivity index (χ2n) is 4.34. The van der Waals surface area contributed by atoms with E-state index in [1.807, 2.05) is 19.2 Å². The van der Waals surface area contributed by atoms with Gasteiger partial charge in [0.05, 0.1) is 11.4 Å². The summed E-state index contributed by atoms with van der Waals surface area (Å²) in [7, 11) is 0. The average molecular weight is 226 g/mol. The molecule has 2 heteroatoms. The Balaban J connectivity index is 2.45. The number of nitrogens with two attached hydrogens (primary N) is 1. The number of aryl methyl sites for hydroxylation is 2. The summed E-state index contributed by atoms with van der Waals surface area (Å²) in [6.45, 7) is 4.20. The Morgan fingerprint density at radius 1 is 1.24 bits per heavy atom. The van der Waals surface area contributed by atoms with Crippen LogP contribution in [-0.2, 0) is 6.42 Å². The van der Waals surface area contributed by atoms with Crippen LogP contribution < -0.4 is 5.73 Å². The molecule has 0 aliphatic rings. The van der Waals surface area contributed by atoms with Gasteiger partial charge in [0, 0.05) is 11.8 Å². The van der Waals surface area contributed by atoms with Crippen molar-refractivity contribution in [3.05, 3.63) is 47.7 Å². The Morgan fingerprint density at radius 2 is 2.06 bits per heavy atom. The van der Waals surface area contributed by atoms with Gasteiger partial charge in [0.2, 0.25) is 0 Å². The summed E-state index contributed by atoms with van der Waals surface area (Å²) in [5.74, 6) is 0. The molecule has 2 nitrogen and oxygen atoms in total. The largest absolute Gasteiger partial charge is 0.397 e. The molecule has 1 aromatic heterocycles. The van der Waals surface area contributed by atoms with E-state index in [2.05, 4.69) is 36.2 Å². The SMILES string of the molecule is CCCc1cccc(-c2nccc(C)c2N)c1. The maximum atomic E-state index is 6.08. The Bertz CT molecular complexity index is 518. The second-order valence-corrected chi connectivity index (χ2v) is 4.34. The van der Waals surface area contributed by atoms with Crippen molar-refractivity contribution in [2.24, 2.45) is 0 Å². The molecule has 2 rings (SSSR count). The zero-order chi connectivity index (χ0) is 12.3. The first-order valence-corrected chi connectivity index (χ1v) is 6.02. The predicted octanol–water partition coefficient (Wildman–Crippen LogP) is 3.59. The molecule has 0 amide bonds. The molecule has 2 aromatic rings. The van der Waals surface area contributed by atoms with Gasteiger partial charge in [-0.3, -0.25) is 4.98 Å². The Labute approximate surface area is 103 Å². The number of hydrogen-bond donors (Lipinski definition) is 1. The zero-order valence-corrected chi connectivity index (χ0v) is 10.4. The monoisotopic (exact) mass is 226 g/mol. The number of pyridine rings is 1. The summed E-state index contributed by atoms with van der Waals surface area (Å²) in [6, 6.07) is 10.4. The highest BCUT2D eigenvalue weighted by Crippen LogP contribution is 2.26. The van der Waals surface area contributed by atoms with Crippen LogP contribution in [0.15, 0.2) is 36.5 Å². The van der Waals surface area contributed by atoms with Crippen molar-refractivity contribution in [2.45, 2.75) is 26.7 Å². The molecule has 88 valence electrons. The number of hydrogen-bond acceptors (Lipinski definition) is 2. The Hall–Kier alpha value is -1.83. The highest BCUT2D eigenvalue weighted by Gasteiger charge is 2.06. The molecule has 0 aliphatic heterocycles. The van der Waals surface area contributed by atoms with Crippen LogP contribution in [0.3, 0.4) is 0 Å². The standard InChI is InChI=1S/C15H18N2/c1-3-5-12-6-4-7-13(10-12)15-14(16)11(2)8-9-17-15/h4,6-10H,3,5,16H2,1-2H3. The van der Waals surface area contributed by atoms with Crippen LogP contribution in [-0.4, -0.2) is 4.98 Å².